The number of nitrogens with one attached hydrogen (secondary N) is 5. The lowest BCUT2D eigenvalue weighted by Crippen LogP contribution is -2.44. The highest BCUT2D eigenvalue weighted by Crippen LogP contribution is 2.46. The number of benzene rings is 10. The molecule has 141 heavy (non-hydrogen) atoms. The number of hydrogen-bond acceptors (Lipinski definition) is 18. The van der Waals surface area contributed by atoms with Crippen LogP contribution in [0.15, 0.2) is 237 Å². The molecule has 2 fully saturated rings. The average molecular weight is 1940 g/mol. The molecule has 10 aromatic rings. The summed E-state index contributed by atoms with van der Waals surface area (Å²) in [5.74, 6) is -7.06. The first-order valence-corrected chi connectivity index (χ1v) is 46.9. The first-order valence-electron chi connectivity index (χ1n) is 46.9. The van der Waals surface area contributed by atoms with E-state index < -0.39 is 77.5 Å². The Morgan fingerprint density at radius 2 is 0.596 bits per heavy atom. The topological polar surface area (TPSA) is 428 Å². The van der Waals surface area contributed by atoms with Crippen LogP contribution in [0.2, 0.25) is 0 Å². The summed E-state index contributed by atoms with van der Waals surface area (Å²) in [7, 11) is 1.65. The van der Waals surface area contributed by atoms with E-state index in [0.717, 1.165) is 80.6 Å². The highest BCUT2D eigenvalue weighted by Gasteiger charge is 2.47. The number of phenolic OH excluding ortho intramolecular Hbond substituents is 2. The summed E-state index contributed by atoms with van der Waals surface area (Å²) in [6.45, 7) is 28.3. The van der Waals surface area contributed by atoms with Crippen LogP contribution in [0.5, 0.6) is 11.5 Å². The lowest BCUT2D eigenvalue weighted by Gasteiger charge is -2.25. The van der Waals surface area contributed by atoms with Gasteiger partial charge in [-0.25, -0.2) is 32.8 Å². The molecule has 0 heterocycles. The minimum absolute atomic E-state index is 0.00116. The molecule has 28 nitrogen and oxygen atoms in total. The molecule has 2 aliphatic rings. The quantitative estimate of drug-likeness (QED) is 0.0169. The number of aromatic hydroxyl groups is 2. The molecule has 0 saturated heterocycles. The predicted octanol–water partition coefficient (Wildman–Crippen LogP) is 19.7. The van der Waals surface area contributed by atoms with Crippen molar-refractivity contribution in [2.24, 2.45) is 29.6 Å². The number of carbonyl (C=O) groups excluding carboxylic acids is 5. The lowest BCUT2D eigenvalue weighted by atomic mass is 10.0. The molecule has 752 valence electrons. The van der Waals surface area contributed by atoms with Gasteiger partial charge in [-0.1, -0.05) is 209 Å². The van der Waals surface area contributed by atoms with Crippen LogP contribution in [-0.2, 0) is 97.6 Å². The van der Waals surface area contributed by atoms with E-state index in [0.29, 0.717) is 31.3 Å². The molecule has 2 aliphatic carbocycles. The van der Waals surface area contributed by atoms with Crippen LogP contribution >= 0.6 is 0 Å². The van der Waals surface area contributed by atoms with E-state index in [1.807, 2.05) is 133 Å². The largest absolute Gasteiger partial charge is 0.508 e. The van der Waals surface area contributed by atoms with Gasteiger partial charge < -0.3 is 90.8 Å². The molecule has 0 aliphatic heterocycles. The normalized spacial score (nSPS) is 14.2. The molecule has 12 rings (SSSR count). The molecule has 5 amide bonds. The summed E-state index contributed by atoms with van der Waals surface area (Å²) in [6, 6.07) is 64.4. The fraction of sp³-hybridized carbons (Fsp3) is 0.369. The van der Waals surface area contributed by atoms with Crippen molar-refractivity contribution < 1.29 is 121 Å². The van der Waals surface area contributed by atoms with E-state index in [9.17, 15) is 66.9 Å². The third kappa shape index (κ3) is 36.1. The molecular weight excluding hydrogens is 1810 g/mol. The fourth-order valence-electron chi connectivity index (χ4n) is 15.0. The van der Waals surface area contributed by atoms with Gasteiger partial charge in [0.2, 0.25) is 29.5 Å². The Kier molecular flexibility index (Phi) is 43.5. The van der Waals surface area contributed by atoms with Crippen molar-refractivity contribution in [3.63, 3.8) is 0 Å². The summed E-state index contributed by atoms with van der Waals surface area (Å²) in [4.78, 5) is 119. The van der Waals surface area contributed by atoms with Gasteiger partial charge in [-0.3, -0.25) is 24.0 Å². The van der Waals surface area contributed by atoms with Gasteiger partial charge in [0.05, 0.1) is 97.2 Å². The Labute approximate surface area is 822 Å². The van der Waals surface area contributed by atoms with Crippen LogP contribution in [0.3, 0.4) is 0 Å². The number of carboxylic acid groups (broad SMARTS) is 5. The van der Waals surface area contributed by atoms with Crippen molar-refractivity contribution in [1.82, 2.24) is 26.6 Å². The zero-order valence-electron chi connectivity index (χ0n) is 82.2. The molecule has 0 bridgehead atoms. The van der Waals surface area contributed by atoms with Crippen molar-refractivity contribution in [3.05, 3.63) is 343 Å². The molecular formula is C111H131F2N5O23. The monoisotopic (exact) mass is 1940 g/mol. The van der Waals surface area contributed by atoms with Crippen LogP contribution < -0.4 is 26.6 Å². The van der Waals surface area contributed by atoms with Crippen LogP contribution in [0.4, 0.5) is 8.78 Å². The van der Waals surface area contributed by atoms with Crippen molar-refractivity contribution in [2.75, 3.05) is 7.11 Å². The van der Waals surface area contributed by atoms with Gasteiger partial charge in [-0.05, 0) is 253 Å². The SMILES string of the molecule is CC(C)[C@@H](OCc1ccc(F)c(F)c1)C(=O)NC1(c2ccc(C(=O)O)cc2)CC1.CC(C)[C@@H](OCc1ccc(O)cc1)C(=O)N[C@@H](C)c1ccc(C(=O)O)cc1.CC(C)[C@@H](OCc1cccc(C2CC2)c1)C(=O)N[C@@H](C)c1ccc(C(=O)O)cc1.CC(C)[C@@H](OCc1cccc(O)c1)C(=O)N[C@@H](C)c1ccc(C(=O)O)cc1.COCc1cccc(CO[C@@H](C(=O)N[C@@H](C)c2ccc(C(=O)O)cc2)C(C)C)c1. The molecule has 9 atom stereocenters. The van der Waals surface area contributed by atoms with E-state index in [4.69, 9.17) is 54.0 Å². The number of hydrogen-bond donors (Lipinski definition) is 12. The van der Waals surface area contributed by atoms with Crippen molar-refractivity contribution in [1.29, 1.82) is 0 Å². The lowest BCUT2D eigenvalue weighted by molar-refractivity contribution is -0.138. The van der Waals surface area contributed by atoms with Crippen LogP contribution in [0.1, 0.15) is 271 Å². The highest BCUT2D eigenvalue weighted by molar-refractivity contribution is 5.91. The zero-order valence-corrected chi connectivity index (χ0v) is 82.2. The first-order chi connectivity index (χ1) is 66.9. The summed E-state index contributed by atoms with van der Waals surface area (Å²) in [5.41, 5.74) is 11.2. The maximum atomic E-state index is 13.4. The van der Waals surface area contributed by atoms with Gasteiger partial charge in [0, 0.05) is 7.11 Å². The number of carboxylic acids is 5. The van der Waals surface area contributed by atoms with Gasteiger partial charge in [-0.2, -0.15) is 0 Å². The van der Waals surface area contributed by atoms with E-state index in [1.54, 1.807) is 122 Å². The standard InChI is InChI=1S/C24H29NO4.C23H29NO5.C22H23F2NO4.2C21H25NO5/c1-15(2)22(29-14-17-5-4-6-21(13-17)19-9-10-19)23(26)25-16(3)18-7-11-20(12-8-18)24(27)28;1-15(2)21(29-14-18-7-5-6-17(12-18)13-28-4)22(25)24-16(3)19-8-10-20(11-9-19)23(26)27;1-13(2)19(29-12-14-3-8-17(23)18(24)11-14)20(26)25-22(9-10-22)16-6-4-15(5-7-16)21(27)28;1-13(2)19(27-12-15-4-10-18(23)11-5-15)20(24)22-14(3)16-6-8-17(9-7-16)21(25)26;1-13(2)19(27-12-15-5-4-6-18(23)11-15)20(24)22-14(3)16-7-9-17(10-8-16)21(25)26/h4-8,11-13,15-16,19,22H,9-10,14H2,1-3H3,(H,25,26)(H,27,28);5-12,15-16,21H,13-14H2,1-4H3,(H,24,25)(H,26,27);3-8,11,13,19H,9-10,12H2,1-2H3,(H,25,26)(H,27,28);2*4-11,13-14,19,23H,12H2,1-3H3,(H,22,24)(H,25,26)/t16-,22+;16-,21+;19-;2*14-,19+/m00100/s1. The van der Waals surface area contributed by atoms with Gasteiger partial charge in [-0.15, -0.1) is 0 Å². The summed E-state index contributed by atoms with van der Waals surface area (Å²) in [5, 5.41) is 78.6. The second-order valence-electron chi connectivity index (χ2n) is 36.8. The molecule has 0 aromatic heterocycles. The first kappa shape index (κ1) is 112. The van der Waals surface area contributed by atoms with E-state index in [-0.39, 0.29) is 142 Å². The fourth-order valence-corrected chi connectivity index (χ4v) is 15.0. The van der Waals surface area contributed by atoms with Crippen LogP contribution in [0.25, 0.3) is 0 Å². The summed E-state index contributed by atoms with van der Waals surface area (Å²) >= 11 is 0. The van der Waals surface area contributed by atoms with E-state index >= 15 is 0 Å². The predicted molar refractivity (Wildman–Crippen MR) is 528 cm³/mol. The van der Waals surface area contributed by atoms with Gasteiger partial charge in [0.1, 0.15) is 42.0 Å². The second-order valence-corrected chi connectivity index (χ2v) is 36.8. The number of methoxy groups -OCH3 is 1. The molecule has 10 aromatic carbocycles. The smallest absolute Gasteiger partial charge is 0.335 e. The molecule has 0 spiro atoms. The molecule has 0 radical (unpaired) electrons. The highest BCUT2D eigenvalue weighted by atomic mass is 19.2. The number of ether oxygens (including phenoxy) is 6. The van der Waals surface area contributed by atoms with Crippen LogP contribution in [0, 0.1) is 41.2 Å². The maximum Gasteiger partial charge on any atom is 0.335 e. The van der Waals surface area contributed by atoms with Crippen molar-refractivity contribution in [3.8, 4) is 11.5 Å². The zero-order chi connectivity index (χ0) is 103. The second kappa shape index (κ2) is 54.6. The number of phenols is 2. The Bertz CT molecular complexity index is 5770. The van der Waals surface area contributed by atoms with E-state index in [2.05, 4.69) is 44.8 Å². The third-order valence-corrected chi connectivity index (χ3v) is 23.5. The Balaban J connectivity index is 0.000000216. The Hall–Kier alpha value is -13.9. The molecule has 2 saturated carbocycles. The number of aromatic carboxylic acids is 5. The summed E-state index contributed by atoms with van der Waals surface area (Å²) in [6.07, 6.45) is 0.825. The molecule has 12 N–H and O–H groups in total. The Morgan fingerprint density at radius 3 is 0.901 bits per heavy atom. The van der Waals surface area contributed by atoms with Crippen LogP contribution in [-0.4, -0.2) is 133 Å². The van der Waals surface area contributed by atoms with E-state index in [1.165, 1.54) is 73.0 Å². The average Bonchev–Trinajstić information content (AvgIpc) is 1.61. The third-order valence-electron chi connectivity index (χ3n) is 23.5. The number of halogens is 2. The van der Waals surface area contributed by atoms with Gasteiger partial charge in [0.25, 0.3) is 0 Å². The van der Waals surface area contributed by atoms with Gasteiger partial charge >= 0.3 is 29.8 Å². The van der Waals surface area contributed by atoms with Crippen molar-refractivity contribution >= 4 is 59.4 Å². The van der Waals surface area contributed by atoms with Crippen molar-refractivity contribution in [2.45, 2.75) is 228 Å². The van der Waals surface area contributed by atoms with Gasteiger partial charge in [0.15, 0.2) is 11.6 Å². The Morgan fingerprint density at radius 1 is 0.312 bits per heavy atom. The number of carbonyl (C=O) groups is 10. The molecule has 30 heteroatoms. The minimum atomic E-state index is -1.00. The number of amides is 5. The maximum absolute atomic E-state index is 13.4. The molecule has 0 unspecified atom stereocenters. The number of rotatable bonds is 43. The minimum Gasteiger partial charge on any atom is -0.508 e. The summed E-state index contributed by atoms with van der Waals surface area (Å²) < 4.78 is 60.9.